The molecule has 1 heterocycles. The molecule has 0 spiro atoms. The Morgan fingerprint density at radius 2 is 2.32 bits per heavy atom. The van der Waals surface area contributed by atoms with Gasteiger partial charge in [-0.15, -0.1) is 0 Å². The summed E-state index contributed by atoms with van der Waals surface area (Å²) in [6, 6.07) is 1.47. The number of amides is 1. The van der Waals surface area contributed by atoms with Crippen molar-refractivity contribution in [3.05, 3.63) is 22.8 Å². The zero-order valence-electron chi connectivity index (χ0n) is 10.3. The Kier molecular flexibility index (Phi) is 6.44. The first-order valence-corrected chi connectivity index (χ1v) is 5.89. The lowest BCUT2D eigenvalue weighted by atomic mass is 10.2. The van der Waals surface area contributed by atoms with Crippen LogP contribution in [0, 0.1) is 0 Å². The summed E-state index contributed by atoms with van der Waals surface area (Å²) in [5, 5.41) is 5.60. The number of rotatable bonds is 7. The van der Waals surface area contributed by atoms with E-state index in [4.69, 9.17) is 11.6 Å². The monoisotopic (exact) mass is 293 g/mol. The Morgan fingerprint density at radius 1 is 1.58 bits per heavy atom. The zero-order chi connectivity index (χ0) is 14.3. The number of nitrogens with one attached hydrogen (secondary N) is 2. The number of nitrogens with zero attached hydrogens (tertiary/aromatic N) is 1. The molecule has 1 aromatic heterocycles. The van der Waals surface area contributed by atoms with E-state index in [0.717, 1.165) is 0 Å². The molecule has 5 nitrogen and oxygen atoms in total. The molecule has 0 radical (unpaired) electrons. The van der Waals surface area contributed by atoms with Crippen LogP contribution in [0.3, 0.4) is 0 Å². The molecule has 0 aliphatic carbocycles. The topological polar surface area (TPSA) is 63.2 Å². The number of hydrogen-bond acceptors (Lipinski definition) is 4. The molecule has 1 rings (SSSR count). The minimum absolute atomic E-state index is 0.0197. The minimum Gasteiger partial charge on any atom is -0.374 e. The van der Waals surface area contributed by atoms with E-state index in [1.165, 1.54) is 12.3 Å². The van der Waals surface area contributed by atoms with Crippen LogP contribution in [0.15, 0.2) is 12.3 Å². The van der Waals surface area contributed by atoms with Gasteiger partial charge >= 0.3 is 0 Å². The Balaban J connectivity index is 2.39. The van der Waals surface area contributed by atoms with Crippen molar-refractivity contribution < 1.29 is 18.3 Å². The molecule has 1 amide bonds. The normalized spacial score (nSPS) is 10.6. The Bertz CT molecular complexity index is 432. The number of hydrogen-bond donors (Lipinski definition) is 2. The maximum absolute atomic E-state index is 11.8. The Labute approximate surface area is 114 Å². The standard InChI is InChI=1S/C11H14ClF2N3O2/c1-15-10-8(12)4-7(5-17-10)11(18)16-2-3-19-6-9(13)14/h4-5,9H,2-3,6H2,1H3,(H,15,17)(H,16,18). The average Bonchev–Trinajstić information content (AvgIpc) is 2.37. The minimum atomic E-state index is -2.51. The molecule has 0 saturated carbocycles. The van der Waals surface area contributed by atoms with Gasteiger partial charge in [0, 0.05) is 19.8 Å². The van der Waals surface area contributed by atoms with Gasteiger partial charge in [-0.05, 0) is 6.07 Å². The summed E-state index contributed by atoms with van der Waals surface area (Å²) in [5.74, 6) is 0.0798. The van der Waals surface area contributed by atoms with E-state index in [-0.39, 0.29) is 18.7 Å². The van der Waals surface area contributed by atoms with Gasteiger partial charge in [-0.3, -0.25) is 4.79 Å². The maximum Gasteiger partial charge on any atom is 0.261 e. The number of carbonyl (C=O) groups excluding carboxylic acids is 1. The van der Waals surface area contributed by atoms with Crippen molar-refractivity contribution in [2.45, 2.75) is 6.43 Å². The molecule has 0 aliphatic heterocycles. The molecule has 2 N–H and O–H groups in total. The third-order valence-electron chi connectivity index (χ3n) is 2.12. The molecule has 0 saturated heterocycles. The quantitative estimate of drug-likeness (QED) is 0.752. The van der Waals surface area contributed by atoms with Gasteiger partial charge in [0.2, 0.25) is 0 Å². The SMILES string of the molecule is CNc1ncc(C(=O)NCCOCC(F)F)cc1Cl. The van der Waals surface area contributed by atoms with Crippen LogP contribution < -0.4 is 10.6 Å². The van der Waals surface area contributed by atoms with Crippen molar-refractivity contribution in [3.8, 4) is 0 Å². The highest BCUT2D eigenvalue weighted by atomic mass is 35.5. The fourth-order valence-electron chi connectivity index (χ4n) is 1.26. The molecule has 0 atom stereocenters. The van der Waals surface area contributed by atoms with Gasteiger partial charge in [-0.1, -0.05) is 11.6 Å². The van der Waals surface area contributed by atoms with E-state index < -0.39 is 18.9 Å². The molecule has 1 aromatic rings. The van der Waals surface area contributed by atoms with Gasteiger partial charge in [0.15, 0.2) is 0 Å². The van der Waals surface area contributed by atoms with Crippen LogP contribution in [0.25, 0.3) is 0 Å². The van der Waals surface area contributed by atoms with Crippen LogP contribution in [-0.2, 0) is 4.74 Å². The van der Waals surface area contributed by atoms with Gasteiger partial charge in [0.1, 0.15) is 12.4 Å². The summed E-state index contributed by atoms with van der Waals surface area (Å²) >= 11 is 5.88. The molecule has 0 bridgehead atoms. The smallest absolute Gasteiger partial charge is 0.261 e. The molecule has 106 valence electrons. The van der Waals surface area contributed by atoms with Crippen LogP contribution in [0.2, 0.25) is 5.02 Å². The predicted molar refractivity (Wildman–Crippen MR) is 67.9 cm³/mol. The van der Waals surface area contributed by atoms with Crippen LogP contribution in [-0.4, -0.2) is 44.1 Å². The second kappa shape index (κ2) is 7.85. The van der Waals surface area contributed by atoms with E-state index in [1.54, 1.807) is 7.05 Å². The summed E-state index contributed by atoms with van der Waals surface area (Å²) in [6.07, 6.45) is -1.14. The summed E-state index contributed by atoms with van der Waals surface area (Å²) in [6.45, 7) is -0.483. The third kappa shape index (κ3) is 5.35. The van der Waals surface area contributed by atoms with Crippen molar-refractivity contribution in [3.63, 3.8) is 0 Å². The number of pyridine rings is 1. The number of carbonyl (C=O) groups is 1. The van der Waals surface area contributed by atoms with Crippen LogP contribution >= 0.6 is 11.6 Å². The highest BCUT2D eigenvalue weighted by molar-refractivity contribution is 6.33. The van der Waals surface area contributed by atoms with Crippen molar-refractivity contribution in [2.24, 2.45) is 0 Å². The van der Waals surface area contributed by atoms with Crippen molar-refractivity contribution in [1.82, 2.24) is 10.3 Å². The molecule has 0 unspecified atom stereocenters. The van der Waals surface area contributed by atoms with Crippen LogP contribution in [0.5, 0.6) is 0 Å². The van der Waals surface area contributed by atoms with E-state index in [0.29, 0.717) is 10.8 Å². The first-order chi connectivity index (χ1) is 9.04. The van der Waals surface area contributed by atoms with Crippen LogP contribution in [0.1, 0.15) is 10.4 Å². The lowest BCUT2D eigenvalue weighted by Crippen LogP contribution is -2.28. The number of aromatic nitrogens is 1. The van der Waals surface area contributed by atoms with E-state index in [1.807, 2.05) is 0 Å². The number of ether oxygens (including phenoxy) is 1. The maximum atomic E-state index is 11.8. The first kappa shape index (κ1) is 15.6. The van der Waals surface area contributed by atoms with Gasteiger partial charge in [0.05, 0.1) is 17.2 Å². The van der Waals surface area contributed by atoms with Gasteiger partial charge < -0.3 is 15.4 Å². The summed E-state index contributed by atoms with van der Waals surface area (Å²) < 4.78 is 28.1. The van der Waals surface area contributed by atoms with Gasteiger partial charge in [-0.25, -0.2) is 13.8 Å². The lowest BCUT2D eigenvalue weighted by Gasteiger charge is -2.07. The van der Waals surface area contributed by atoms with Gasteiger partial charge in [-0.2, -0.15) is 0 Å². The highest BCUT2D eigenvalue weighted by Crippen LogP contribution is 2.19. The Morgan fingerprint density at radius 3 is 2.89 bits per heavy atom. The fourth-order valence-corrected chi connectivity index (χ4v) is 1.52. The molecular weight excluding hydrogens is 280 g/mol. The highest BCUT2D eigenvalue weighted by Gasteiger charge is 2.09. The second-order valence-corrected chi connectivity index (χ2v) is 3.93. The van der Waals surface area contributed by atoms with Crippen molar-refractivity contribution in [2.75, 3.05) is 32.1 Å². The molecule has 0 aromatic carbocycles. The van der Waals surface area contributed by atoms with E-state index in [2.05, 4.69) is 20.4 Å². The number of halogens is 3. The average molecular weight is 294 g/mol. The van der Waals surface area contributed by atoms with E-state index >= 15 is 0 Å². The summed E-state index contributed by atoms with van der Waals surface area (Å²) in [7, 11) is 1.66. The van der Waals surface area contributed by atoms with Crippen molar-refractivity contribution in [1.29, 1.82) is 0 Å². The largest absolute Gasteiger partial charge is 0.374 e. The van der Waals surface area contributed by atoms with E-state index in [9.17, 15) is 13.6 Å². The fraction of sp³-hybridized carbons (Fsp3) is 0.455. The summed E-state index contributed by atoms with van der Waals surface area (Å²) in [4.78, 5) is 15.6. The van der Waals surface area contributed by atoms with Crippen LogP contribution in [0.4, 0.5) is 14.6 Å². The molecule has 8 heteroatoms. The first-order valence-electron chi connectivity index (χ1n) is 5.52. The zero-order valence-corrected chi connectivity index (χ0v) is 11.0. The molecule has 0 aliphatic rings. The lowest BCUT2D eigenvalue weighted by molar-refractivity contribution is 0.0188. The van der Waals surface area contributed by atoms with Crippen molar-refractivity contribution >= 4 is 23.3 Å². The van der Waals surface area contributed by atoms with Gasteiger partial charge in [0.25, 0.3) is 12.3 Å². The Hall–Kier alpha value is -1.47. The molecular formula is C11H14ClF2N3O2. The third-order valence-corrected chi connectivity index (χ3v) is 2.40. The predicted octanol–water partition coefficient (Wildman–Crippen LogP) is 1.79. The summed E-state index contributed by atoms with van der Waals surface area (Å²) in [5.41, 5.74) is 0.290. The molecule has 0 fully saturated rings. The number of anilines is 1. The molecule has 19 heavy (non-hydrogen) atoms. The second-order valence-electron chi connectivity index (χ2n) is 3.53. The number of alkyl halides is 2.